The number of aromatic nitrogens is 2. The van der Waals surface area contributed by atoms with Gasteiger partial charge in [-0.25, -0.2) is 4.98 Å². The van der Waals surface area contributed by atoms with Crippen LogP contribution in [-0.2, 0) is 0 Å². The summed E-state index contributed by atoms with van der Waals surface area (Å²) in [6.07, 6.45) is 0.740. The third-order valence-electron chi connectivity index (χ3n) is 2.53. The van der Waals surface area contributed by atoms with Gasteiger partial charge >= 0.3 is 0 Å². The molecule has 0 aliphatic rings. The fraction of sp³-hybridized carbons (Fsp3) is 0.231. The summed E-state index contributed by atoms with van der Waals surface area (Å²) in [6, 6.07) is 7.36. The molecule has 2 rings (SSSR count). The molecule has 0 aliphatic heterocycles. The van der Waals surface area contributed by atoms with Gasteiger partial charge in [-0.2, -0.15) is 4.98 Å². The number of hydrogen-bond acceptors (Lipinski definition) is 7. The standard InChI is InChI=1S/C13H15ClN4O2S/c14-8-1-3-10(4-2-8)21-11-6-17-13(15)18-12(11)16-5-9(20)7-19/h1-4,6,9,19-20H,5,7H2,(H3,15,16,17,18). The average Bonchev–Trinajstić information content (AvgIpc) is 2.49. The minimum absolute atomic E-state index is 0.136. The number of aliphatic hydroxyl groups excluding tert-OH is 2. The smallest absolute Gasteiger partial charge is 0.221 e. The van der Waals surface area contributed by atoms with Crippen LogP contribution in [0.5, 0.6) is 0 Å². The van der Waals surface area contributed by atoms with E-state index in [9.17, 15) is 5.11 Å². The number of nitrogen functional groups attached to an aromatic ring is 1. The first-order chi connectivity index (χ1) is 10.1. The summed E-state index contributed by atoms with van der Waals surface area (Å²) in [5, 5.41) is 21.8. The van der Waals surface area contributed by atoms with E-state index in [1.807, 2.05) is 12.1 Å². The number of hydrogen-bond donors (Lipinski definition) is 4. The number of nitrogens with zero attached hydrogens (tertiary/aromatic N) is 2. The monoisotopic (exact) mass is 326 g/mol. The van der Waals surface area contributed by atoms with Crippen LogP contribution >= 0.6 is 23.4 Å². The molecule has 1 heterocycles. The largest absolute Gasteiger partial charge is 0.394 e. The molecule has 0 amide bonds. The van der Waals surface area contributed by atoms with Crippen molar-refractivity contribution in [2.75, 3.05) is 24.2 Å². The Hall–Kier alpha value is -1.54. The molecule has 8 heteroatoms. The molecule has 5 N–H and O–H groups in total. The van der Waals surface area contributed by atoms with E-state index < -0.39 is 6.10 Å². The third kappa shape index (κ3) is 4.75. The highest BCUT2D eigenvalue weighted by molar-refractivity contribution is 7.99. The van der Waals surface area contributed by atoms with E-state index >= 15 is 0 Å². The average molecular weight is 327 g/mol. The van der Waals surface area contributed by atoms with Crippen LogP contribution in [0.1, 0.15) is 0 Å². The Labute approximate surface area is 131 Å². The highest BCUT2D eigenvalue weighted by atomic mass is 35.5. The molecule has 0 fully saturated rings. The Kier molecular flexibility index (Phi) is 5.63. The summed E-state index contributed by atoms with van der Waals surface area (Å²) in [6.45, 7) is -0.158. The second kappa shape index (κ2) is 7.46. The van der Waals surface area contributed by atoms with Crippen molar-refractivity contribution in [3.05, 3.63) is 35.5 Å². The maximum Gasteiger partial charge on any atom is 0.221 e. The lowest BCUT2D eigenvalue weighted by Crippen LogP contribution is -2.23. The molecule has 21 heavy (non-hydrogen) atoms. The number of anilines is 2. The lowest BCUT2D eigenvalue weighted by Gasteiger charge is -2.13. The Morgan fingerprint density at radius 2 is 2.05 bits per heavy atom. The maximum absolute atomic E-state index is 9.39. The van der Waals surface area contributed by atoms with Crippen molar-refractivity contribution in [1.29, 1.82) is 0 Å². The summed E-state index contributed by atoms with van der Waals surface area (Å²) in [4.78, 5) is 9.81. The first kappa shape index (κ1) is 15.8. The minimum Gasteiger partial charge on any atom is -0.394 e. The second-order valence-corrected chi connectivity index (χ2v) is 5.77. The van der Waals surface area contributed by atoms with Crippen LogP contribution < -0.4 is 11.1 Å². The van der Waals surface area contributed by atoms with Crippen LogP contribution in [0.3, 0.4) is 0 Å². The fourth-order valence-corrected chi connectivity index (χ4v) is 2.47. The van der Waals surface area contributed by atoms with Gasteiger partial charge in [0.2, 0.25) is 5.95 Å². The summed E-state index contributed by atoms with van der Waals surface area (Å²) in [5.41, 5.74) is 5.58. The summed E-state index contributed by atoms with van der Waals surface area (Å²) in [7, 11) is 0. The zero-order chi connectivity index (χ0) is 15.2. The van der Waals surface area contributed by atoms with Gasteiger partial charge in [0, 0.05) is 22.7 Å². The van der Waals surface area contributed by atoms with Crippen molar-refractivity contribution < 1.29 is 10.2 Å². The zero-order valence-electron chi connectivity index (χ0n) is 11.0. The molecule has 1 atom stereocenters. The Bertz CT molecular complexity index is 597. The molecular weight excluding hydrogens is 312 g/mol. The lowest BCUT2D eigenvalue weighted by atomic mass is 10.4. The van der Waals surface area contributed by atoms with Crippen LogP contribution in [0.4, 0.5) is 11.8 Å². The van der Waals surface area contributed by atoms with Gasteiger partial charge in [-0.15, -0.1) is 0 Å². The fourth-order valence-electron chi connectivity index (χ4n) is 1.49. The summed E-state index contributed by atoms with van der Waals surface area (Å²) in [5.74, 6) is 0.645. The predicted molar refractivity (Wildman–Crippen MR) is 83.6 cm³/mol. The molecule has 0 radical (unpaired) electrons. The zero-order valence-corrected chi connectivity index (χ0v) is 12.6. The van der Waals surface area contributed by atoms with E-state index in [2.05, 4.69) is 15.3 Å². The Morgan fingerprint density at radius 3 is 2.71 bits per heavy atom. The Balaban J connectivity index is 2.16. The SMILES string of the molecule is Nc1ncc(Sc2ccc(Cl)cc2)c(NCC(O)CO)n1. The highest BCUT2D eigenvalue weighted by Gasteiger charge is 2.10. The third-order valence-corrected chi connectivity index (χ3v) is 3.81. The van der Waals surface area contributed by atoms with Crippen LogP contribution in [0, 0.1) is 0 Å². The van der Waals surface area contributed by atoms with Crippen molar-refractivity contribution in [2.24, 2.45) is 0 Å². The van der Waals surface area contributed by atoms with Gasteiger partial charge in [0.15, 0.2) is 0 Å². The number of nitrogens with two attached hydrogens (primary N) is 1. The molecular formula is C13H15ClN4O2S. The molecule has 1 unspecified atom stereocenters. The van der Waals surface area contributed by atoms with E-state index in [1.165, 1.54) is 11.8 Å². The topological polar surface area (TPSA) is 104 Å². The van der Waals surface area contributed by atoms with E-state index in [1.54, 1.807) is 18.3 Å². The van der Waals surface area contributed by atoms with Gasteiger partial charge in [-0.05, 0) is 24.3 Å². The normalized spacial score (nSPS) is 12.1. The van der Waals surface area contributed by atoms with Gasteiger partial charge in [0.1, 0.15) is 5.82 Å². The molecule has 1 aromatic carbocycles. The highest BCUT2D eigenvalue weighted by Crippen LogP contribution is 2.32. The van der Waals surface area contributed by atoms with E-state index in [-0.39, 0.29) is 19.1 Å². The Morgan fingerprint density at radius 1 is 1.33 bits per heavy atom. The van der Waals surface area contributed by atoms with E-state index in [0.29, 0.717) is 10.8 Å². The number of halogens is 1. The predicted octanol–water partition coefficient (Wildman–Crippen LogP) is 1.63. The van der Waals surface area contributed by atoms with E-state index in [0.717, 1.165) is 9.79 Å². The van der Waals surface area contributed by atoms with Crippen molar-refractivity contribution in [3.63, 3.8) is 0 Å². The van der Waals surface area contributed by atoms with Gasteiger partial charge in [0.05, 0.1) is 17.6 Å². The first-order valence-corrected chi connectivity index (χ1v) is 7.36. The van der Waals surface area contributed by atoms with E-state index in [4.69, 9.17) is 22.4 Å². The van der Waals surface area contributed by atoms with Gasteiger partial charge in [-0.3, -0.25) is 0 Å². The molecule has 1 aromatic heterocycles. The molecule has 0 saturated heterocycles. The molecule has 0 bridgehead atoms. The van der Waals surface area contributed by atoms with Crippen LogP contribution in [0.25, 0.3) is 0 Å². The maximum atomic E-state index is 9.39. The van der Waals surface area contributed by atoms with Crippen molar-refractivity contribution in [2.45, 2.75) is 15.9 Å². The summed E-state index contributed by atoms with van der Waals surface area (Å²) < 4.78 is 0. The minimum atomic E-state index is -0.866. The number of nitrogens with one attached hydrogen (secondary N) is 1. The van der Waals surface area contributed by atoms with Gasteiger partial charge < -0.3 is 21.3 Å². The second-order valence-electron chi connectivity index (χ2n) is 4.21. The summed E-state index contributed by atoms with van der Waals surface area (Å²) >= 11 is 7.30. The lowest BCUT2D eigenvalue weighted by molar-refractivity contribution is 0.105. The van der Waals surface area contributed by atoms with Gasteiger partial charge in [0.25, 0.3) is 0 Å². The molecule has 0 aliphatic carbocycles. The van der Waals surface area contributed by atoms with Gasteiger partial charge in [-0.1, -0.05) is 23.4 Å². The quantitative estimate of drug-likeness (QED) is 0.639. The molecule has 2 aromatic rings. The number of rotatable bonds is 6. The molecule has 6 nitrogen and oxygen atoms in total. The van der Waals surface area contributed by atoms with Crippen molar-refractivity contribution in [3.8, 4) is 0 Å². The number of aliphatic hydroxyl groups is 2. The molecule has 0 spiro atoms. The van der Waals surface area contributed by atoms with Crippen molar-refractivity contribution in [1.82, 2.24) is 9.97 Å². The van der Waals surface area contributed by atoms with Crippen LogP contribution in [0.2, 0.25) is 5.02 Å². The molecule has 0 saturated carbocycles. The first-order valence-electron chi connectivity index (χ1n) is 6.17. The van der Waals surface area contributed by atoms with Crippen molar-refractivity contribution >= 4 is 35.1 Å². The molecule has 112 valence electrons. The van der Waals surface area contributed by atoms with Crippen LogP contribution in [0.15, 0.2) is 40.3 Å². The number of benzene rings is 1. The van der Waals surface area contributed by atoms with Crippen LogP contribution in [-0.4, -0.2) is 39.4 Å².